The number of aryl methyl sites for hydroxylation is 2. The third-order valence-corrected chi connectivity index (χ3v) is 3.11. The highest BCUT2D eigenvalue weighted by Crippen LogP contribution is 2.27. The monoisotopic (exact) mass is 249 g/mol. The van der Waals surface area contributed by atoms with Crippen molar-refractivity contribution >= 4 is 33.5 Å². The van der Waals surface area contributed by atoms with Crippen LogP contribution in [-0.2, 0) is 7.05 Å². The molecule has 0 saturated heterocycles. The van der Waals surface area contributed by atoms with Crippen molar-refractivity contribution in [2.45, 2.75) is 6.92 Å². The predicted octanol–water partition coefficient (Wildman–Crippen LogP) is 2.04. The fraction of sp³-hybridized carbons (Fsp3) is 0.182. The second-order valence-electron chi connectivity index (χ2n) is 3.87. The van der Waals surface area contributed by atoms with Crippen LogP contribution in [0.2, 0.25) is 5.15 Å². The van der Waals surface area contributed by atoms with E-state index in [2.05, 4.69) is 10.2 Å². The molecule has 0 amide bonds. The zero-order valence-corrected chi connectivity index (χ0v) is 9.95. The maximum absolute atomic E-state index is 11.4. The molecular formula is C11H8ClN3O2. The molecule has 0 saturated carbocycles. The SMILES string of the molecule is Cc1nnc(Cl)c2cc3c(cc12)oc(=O)n3C. The van der Waals surface area contributed by atoms with Crippen LogP contribution in [-0.4, -0.2) is 14.8 Å². The number of hydrogen-bond donors (Lipinski definition) is 0. The van der Waals surface area contributed by atoms with Gasteiger partial charge in [0.05, 0.1) is 11.2 Å². The Morgan fingerprint density at radius 3 is 2.82 bits per heavy atom. The minimum Gasteiger partial charge on any atom is -0.408 e. The van der Waals surface area contributed by atoms with Crippen LogP contribution in [0.4, 0.5) is 0 Å². The van der Waals surface area contributed by atoms with Crippen molar-refractivity contribution in [1.82, 2.24) is 14.8 Å². The zero-order valence-electron chi connectivity index (χ0n) is 9.19. The highest BCUT2D eigenvalue weighted by Gasteiger charge is 2.11. The summed E-state index contributed by atoms with van der Waals surface area (Å²) in [4.78, 5) is 11.4. The Kier molecular flexibility index (Phi) is 2.00. The van der Waals surface area contributed by atoms with E-state index in [1.807, 2.05) is 6.92 Å². The molecule has 5 nitrogen and oxygen atoms in total. The highest BCUT2D eigenvalue weighted by molar-refractivity contribution is 6.34. The normalized spacial score (nSPS) is 11.5. The molecule has 0 spiro atoms. The van der Waals surface area contributed by atoms with Gasteiger partial charge in [0.15, 0.2) is 10.7 Å². The Hall–Kier alpha value is -1.88. The first-order valence-corrected chi connectivity index (χ1v) is 5.38. The average Bonchev–Trinajstić information content (AvgIpc) is 2.59. The van der Waals surface area contributed by atoms with Gasteiger partial charge in [-0.25, -0.2) is 4.79 Å². The van der Waals surface area contributed by atoms with Gasteiger partial charge in [0.25, 0.3) is 0 Å². The first kappa shape index (κ1) is 10.3. The van der Waals surface area contributed by atoms with Crippen LogP contribution in [0.15, 0.2) is 21.3 Å². The molecule has 0 atom stereocenters. The largest absolute Gasteiger partial charge is 0.419 e. The molecule has 86 valence electrons. The van der Waals surface area contributed by atoms with Gasteiger partial charge in [-0.3, -0.25) is 4.57 Å². The van der Waals surface area contributed by atoms with Crippen molar-refractivity contribution in [3.8, 4) is 0 Å². The Labute approximate surface area is 101 Å². The van der Waals surface area contributed by atoms with Crippen molar-refractivity contribution in [2.75, 3.05) is 0 Å². The molecule has 0 aliphatic heterocycles. The van der Waals surface area contributed by atoms with Crippen molar-refractivity contribution in [3.63, 3.8) is 0 Å². The number of oxazole rings is 1. The van der Waals surface area contributed by atoms with Crippen molar-refractivity contribution < 1.29 is 4.42 Å². The van der Waals surface area contributed by atoms with E-state index in [0.29, 0.717) is 16.3 Å². The molecule has 0 bridgehead atoms. The lowest BCUT2D eigenvalue weighted by molar-refractivity contribution is 0.528. The summed E-state index contributed by atoms with van der Waals surface area (Å²) in [5.41, 5.74) is 1.96. The average molecular weight is 250 g/mol. The topological polar surface area (TPSA) is 60.9 Å². The molecule has 2 aromatic heterocycles. The van der Waals surface area contributed by atoms with Crippen LogP contribution in [0.25, 0.3) is 21.9 Å². The van der Waals surface area contributed by atoms with Crippen LogP contribution in [0.3, 0.4) is 0 Å². The maximum atomic E-state index is 11.4. The number of fused-ring (bicyclic) bond motifs is 2. The third kappa shape index (κ3) is 1.36. The summed E-state index contributed by atoms with van der Waals surface area (Å²) in [6.07, 6.45) is 0. The Bertz CT molecular complexity index is 804. The smallest absolute Gasteiger partial charge is 0.408 e. The molecular weight excluding hydrogens is 242 g/mol. The molecule has 0 aliphatic rings. The van der Waals surface area contributed by atoms with Gasteiger partial charge in [-0.1, -0.05) is 11.6 Å². The Morgan fingerprint density at radius 1 is 1.29 bits per heavy atom. The van der Waals surface area contributed by atoms with E-state index in [0.717, 1.165) is 16.5 Å². The lowest BCUT2D eigenvalue weighted by Crippen LogP contribution is -2.08. The molecule has 2 heterocycles. The van der Waals surface area contributed by atoms with Crippen molar-refractivity contribution in [1.29, 1.82) is 0 Å². The Balaban J connectivity index is 2.61. The van der Waals surface area contributed by atoms with E-state index >= 15 is 0 Å². The second-order valence-corrected chi connectivity index (χ2v) is 4.23. The van der Waals surface area contributed by atoms with Gasteiger partial charge < -0.3 is 4.42 Å². The zero-order chi connectivity index (χ0) is 12.2. The van der Waals surface area contributed by atoms with E-state index < -0.39 is 5.76 Å². The fourth-order valence-electron chi connectivity index (χ4n) is 1.87. The molecule has 0 aliphatic carbocycles. The summed E-state index contributed by atoms with van der Waals surface area (Å²) in [6, 6.07) is 3.56. The first-order chi connectivity index (χ1) is 8.08. The number of aromatic nitrogens is 3. The molecule has 0 fully saturated rings. The highest BCUT2D eigenvalue weighted by atomic mass is 35.5. The number of hydrogen-bond acceptors (Lipinski definition) is 4. The number of rotatable bonds is 0. The molecule has 17 heavy (non-hydrogen) atoms. The quantitative estimate of drug-likeness (QED) is 0.612. The van der Waals surface area contributed by atoms with Crippen molar-refractivity contribution in [3.05, 3.63) is 33.5 Å². The van der Waals surface area contributed by atoms with Gasteiger partial charge in [0.1, 0.15) is 0 Å². The lowest BCUT2D eigenvalue weighted by Gasteiger charge is -2.02. The van der Waals surface area contributed by atoms with Crippen LogP contribution >= 0.6 is 11.6 Å². The summed E-state index contributed by atoms with van der Waals surface area (Å²) in [5, 5.41) is 9.71. The molecule has 0 radical (unpaired) electrons. The number of halogens is 1. The minimum absolute atomic E-state index is 0.321. The van der Waals surface area contributed by atoms with Gasteiger partial charge >= 0.3 is 5.76 Å². The lowest BCUT2D eigenvalue weighted by atomic mass is 10.1. The standard InChI is InChI=1S/C11H8ClN3O2/c1-5-6-4-9-8(15(2)11(16)17-9)3-7(6)10(12)14-13-5/h3-4H,1-2H3. The van der Waals surface area contributed by atoms with Crippen LogP contribution in [0, 0.1) is 6.92 Å². The van der Waals surface area contributed by atoms with Gasteiger partial charge in [-0.05, 0) is 19.1 Å². The van der Waals surface area contributed by atoms with Gasteiger partial charge in [0.2, 0.25) is 0 Å². The molecule has 3 rings (SSSR count). The van der Waals surface area contributed by atoms with E-state index in [4.69, 9.17) is 16.0 Å². The first-order valence-electron chi connectivity index (χ1n) is 5.00. The van der Waals surface area contributed by atoms with E-state index in [1.165, 1.54) is 4.57 Å². The summed E-state index contributed by atoms with van der Waals surface area (Å²) in [6.45, 7) is 1.83. The Morgan fingerprint density at radius 2 is 2.06 bits per heavy atom. The van der Waals surface area contributed by atoms with E-state index in [9.17, 15) is 4.79 Å². The number of benzene rings is 1. The molecule has 1 aromatic carbocycles. The summed E-state index contributed by atoms with van der Waals surface area (Å²) in [7, 11) is 1.65. The maximum Gasteiger partial charge on any atom is 0.419 e. The summed E-state index contributed by atoms with van der Waals surface area (Å²) >= 11 is 6.00. The van der Waals surface area contributed by atoms with Gasteiger partial charge in [0, 0.05) is 17.8 Å². The minimum atomic E-state index is -0.398. The van der Waals surface area contributed by atoms with E-state index in [-0.39, 0.29) is 0 Å². The molecule has 0 unspecified atom stereocenters. The van der Waals surface area contributed by atoms with Crippen LogP contribution in [0.1, 0.15) is 5.69 Å². The molecule has 3 aromatic rings. The van der Waals surface area contributed by atoms with Gasteiger partial charge in [-0.15, -0.1) is 5.10 Å². The summed E-state index contributed by atoms with van der Waals surface area (Å²) < 4.78 is 6.55. The predicted molar refractivity (Wildman–Crippen MR) is 64.3 cm³/mol. The fourth-order valence-corrected chi connectivity index (χ4v) is 2.06. The van der Waals surface area contributed by atoms with Crippen LogP contribution in [0.5, 0.6) is 0 Å². The summed E-state index contributed by atoms with van der Waals surface area (Å²) in [5.74, 6) is -0.398. The molecule has 6 heteroatoms. The van der Waals surface area contributed by atoms with Crippen LogP contribution < -0.4 is 5.76 Å². The molecule has 0 N–H and O–H groups in total. The van der Waals surface area contributed by atoms with Gasteiger partial charge in [-0.2, -0.15) is 5.10 Å². The van der Waals surface area contributed by atoms with Crippen molar-refractivity contribution in [2.24, 2.45) is 7.05 Å². The second kappa shape index (κ2) is 3.30. The van der Waals surface area contributed by atoms with E-state index in [1.54, 1.807) is 19.2 Å². The number of nitrogens with zero attached hydrogens (tertiary/aromatic N) is 3. The third-order valence-electron chi connectivity index (χ3n) is 2.83.